The molecule has 1 aromatic heterocycles. The molecule has 0 radical (unpaired) electrons. The third-order valence-corrected chi connectivity index (χ3v) is 4.30. The molecule has 4 rings (SSSR count). The van der Waals surface area contributed by atoms with E-state index in [9.17, 15) is 4.79 Å². The summed E-state index contributed by atoms with van der Waals surface area (Å²) in [5.74, 6) is 1.55. The lowest BCUT2D eigenvalue weighted by Crippen LogP contribution is -2.46. The summed E-state index contributed by atoms with van der Waals surface area (Å²) in [5.41, 5.74) is 0.587. The van der Waals surface area contributed by atoms with E-state index in [4.69, 9.17) is 14.0 Å². The Morgan fingerprint density at radius 2 is 2.08 bits per heavy atom. The predicted octanol–water partition coefficient (Wildman–Crippen LogP) is 2.52. The van der Waals surface area contributed by atoms with E-state index >= 15 is 0 Å². The first kappa shape index (κ1) is 16.1. The zero-order chi connectivity index (χ0) is 17.4. The van der Waals surface area contributed by atoms with Crippen molar-refractivity contribution in [1.82, 2.24) is 15.0 Å². The van der Waals surface area contributed by atoms with Crippen LogP contribution in [-0.2, 0) is 4.74 Å². The van der Waals surface area contributed by atoms with Crippen molar-refractivity contribution in [3.63, 3.8) is 0 Å². The highest BCUT2D eigenvalue weighted by Crippen LogP contribution is 2.31. The fourth-order valence-electron chi connectivity index (χ4n) is 2.98. The van der Waals surface area contributed by atoms with E-state index in [1.807, 2.05) is 31.2 Å². The molecule has 2 aliphatic rings. The molecule has 2 aromatic rings. The van der Waals surface area contributed by atoms with E-state index in [1.54, 1.807) is 11.8 Å². The summed E-state index contributed by atoms with van der Waals surface area (Å²) in [7, 11) is 0. The summed E-state index contributed by atoms with van der Waals surface area (Å²) >= 11 is 0. The maximum Gasteiger partial charge on any atom is 0.257 e. The Labute approximate surface area is 145 Å². The van der Waals surface area contributed by atoms with Crippen LogP contribution in [0.2, 0.25) is 0 Å². The number of hydrogen-bond acceptors (Lipinski definition) is 6. The summed E-state index contributed by atoms with van der Waals surface area (Å²) < 4.78 is 17.0. The minimum atomic E-state index is -0.412. The maximum absolute atomic E-state index is 13.1. The van der Waals surface area contributed by atoms with Gasteiger partial charge in [-0.2, -0.15) is 4.98 Å². The van der Waals surface area contributed by atoms with Crippen molar-refractivity contribution in [2.75, 3.05) is 13.1 Å². The van der Waals surface area contributed by atoms with Crippen molar-refractivity contribution in [1.29, 1.82) is 0 Å². The largest absolute Gasteiger partial charge is 0.490 e. The Morgan fingerprint density at radius 1 is 1.28 bits per heavy atom. The highest BCUT2D eigenvalue weighted by Gasteiger charge is 2.34. The van der Waals surface area contributed by atoms with Crippen LogP contribution in [0.1, 0.15) is 47.9 Å². The Morgan fingerprint density at radius 3 is 2.80 bits per heavy atom. The van der Waals surface area contributed by atoms with Gasteiger partial charge in [0.15, 0.2) is 11.9 Å². The second-order valence-corrected chi connectivity index (χ2v) is 6.64. The third kappa shape index (κ3) is 3.51. The van der Waals surface area contributed by atoms with Gasteiger partial charge in [0.25, 0.3) is 11.8 Å². The molecule has 1 saturated heterocycles. The minimum Gasteiger partial charge on any atom is -0.490 e. The van der Waals surface area contributed by atoms with Gasteiger partial charge in [0.2, 0.25) is 0 Å². The average molecular weight is 343 g/mol. The number of rotatable bonds is 4. The van der Waals surface area contributed by atoms with Gasteiger partial charge in [-0.1, -0.05) is 17.3 Å². The van der Waals surface area contributed by atoms with Crippen LogP contribution in [-0.4, -0.2) is 46.2 Å². The van der Waals surface area contributed by atoms with Crippen LogP contribution in [0.3, 0.4) is 0 Å². The fraction of sp³-hybridized carbons (Fsp3) is 0.500. The van der Waals surface area contributed by atoms with E-state index in [0.717, 1.165) is 12.8 Å². The van der Waals surface area contributed by atoms with Gasteiger partial charge in [-0.05, 0) is 38.8 Å². The number of carbonyl (C=O) groups is 1. The van der Waals surface area contributed by atoms with E-state index in [1.165, 1.54) is 0 Å². The molecule has 0 bridgehead atoms. The van der Waals surface area contributed by atoms with Gasteiger partial charge in [-0.15, -0.1) is 0 Å². The molecule has 2 atom stereocenters. The number of carbonyl (C=O) groups excluding carboxylic acids is 1. The third-order valence-electron chi connectivity index (χ3n) is 4.30. The van der Waals surface area contributed by atoms with Gasteiger partial charge in [0.05, 0.1) is 24.3 Å². The quantitative estimate of drug-likeness (QED) is 0.849. The second kappa shape index (κ2) is 6.48. The second-order valence-electron chi connectivity index (χ2n) is 6.64. The maximum atomic E-state index is 13.1. The molecule has 1 amide bonds. The van der Waals surface area contributed by atoms with E-state index < -0.39 is 6.10 Å². The number of amides is 1. The molecule has 25 heavy (non-hydrogen) atoms. The van der Waals surface area contributed by atoms with Crippen LogP contribution in [0.5, 0.6) is 5.75 Å². The summed E-state index contributed by atoms with van der Waals surface area (Å²) in [4.78, 5) is 19.1. The summed E-state index contributed by atoms with van der Waals surface area (Å²) in [5, 5.41) is 3.81. The summed E-state index contributed by atoms with van der Waals surface area (Å²) in [6, 6.07) is 7.41. The van der Waals surface area contributed by atoms with Crippen molar-refractivity contribution >= 4 is 5.91 Å². The molecule has 7 heteroatoms. The zero-order valence-corrected chi connectivity index (χ0v) is 14.3. The van der Waals surface area contributed by atoms with Gasteiger partial charge in [-0.3, -0.25) is 4.79 Å². The Kier molecular flexibility index (Phi) is 4.17. The monoisotopic (exact) mass is 343 g/mol. The first-order valence-electron chi connectivity index (χ1n) is 8.61. The van der Waals surface area contributed by atoms with Crippen molar-refractivity contribution in [3.8, 4) is 5.75 Å². The Hall–Kier alpha value is -2.41. The van der Waals surface area contributed by atoms with Crippen molar-refractivity contribution in [3.05, 3.63) is 41.5 Å². The predicted molar refractivity (Wildman–Crippen MR) is 88.3 cm³/mol. The molecule has 0 spiro atoms. The first-order valence-corrected chi connectivity index (χ1v) is 8.61. The van der Waals surface area contributed by atoms with Crippen LogP contribution >= 0.6 is 0 Å². The number of aromatic nitrogens is 2. The van der Waals surface area contributed by atoms with Gasteiger partial charge in [0.1, 0.15) is 5.75 Å². The van der Waals surface area contributed by atoms with E-state index in [0.29, 0.717) is 36.1 Å². The number of benzene rings is 1. The highest BCUT2D eigenvalue weighted by molar-refractivity contribution is 5.97. The zero-order valence-electron chi connectivity index (χ0n) is 14.3. The summed E-state index contributed by atoms with van der Waals surface area (Å²) in [6.45, 7) is 4.58. The summed E-state index contributed by atoms with van der Waals surface area (Å²) in [6.07, 6.45) is 1.81. The lowest BCUT2D eigenvalue weighted by Gasteiger charge is -2.35. The number of aryl methyl sites for hydroxylation is 1. The Bertz CT molecular complexity index is 771. The van der Waals surface area contributed by atoms with Crippen LogP contribution in [0.4, 0.5) is 0 Å². The van der Waals surface area contributed by atoms with Crippen LogP contribution < -0.4 is 4.74 Å². The molecule has 1 aliphatic carbocycles. The molecule has 2 fully saturated rings. The smallest absolute Gasteiger partial charge is 0.257 e. The molecule has 2 heterocycles. The van der Waals surface area contributed by atoms with Gasteiger partial charge >= 0.3 is 0 Å². The first-order chi connectivity index (χ1) is 12.1. The fourth-order valence-corrected chi connectivity index (χ4v) is 2.98. The normalized spacial score (nSPS) is 23.5. The van der Waals surface area contributed by atoms with Crippen molar-refractivity contribution < 1.29 is 18.8 Å². The van der Waals surface area contributed by atoms with Crippen LogP contribution in [0.15, 0.2) is 28.8 Å². The molecule has 7 nitrogen and oxygen atoms in total. The van der Waals surface area contributed by atoms with Crippen LogP contribution in [0.25, 0.3) is 0 Å². The standard InChI is InChI=1S/C18H21N3O4/c1-11-9-21(10-16(23-11)17-19-12(2)20-25-17)18(22)14-5-3-4-6-15(14)24-13-7-8-13/h3-6,11,13,16H,7-10H2,1-2H3/t11-,16-/m1/s1. The topological polar surface area (TPSA) is 77.7 Å². The number of ether oxygens (including phenoxy) is 2. The molecule has 0 unspecified atom stereocenters. The molecule has 132 valence electrons. The number of morpholine rings is 1. The lowest BCUT2D eigenvalue weighted by atomic mass is 10.1. The SMILES string of the molecule is Cc1noc([C@H]2CN(C(=O)c3ccccc3OC3CC3)C[C@@H](C)O2)n1. The van der Waals surface area contributed by atoms with Crippen LogP contribution in [0, 0.1) is 6.92 Å². The minimum absolute atomic E-state index is 0.0624. The molecular weight excluding hydrogens is 322 g/mol. The van der Waals surface area contributed by atoms with Crippen molar-refractivity contribution in [2.45, 2.75) is 45.0 Å². The molecule has 1 aliphatic heterocycles. The number of para-hydroxylation sites is 1. The molecule has 0 N–H and O–H groups in total. The highest BCUT2D eigenvalue weighted by atomic mass is 16.5. The van der Waals surface area contributed by atoms with Crippen molar-refractivity contribution in [2.24, 2.45) is 0 Å². The number of nitrogens with zero attached hydrogens (tertiary/aromatic N) is 3. The average Bonchev–Trinajstić information content (AvgIpc) is 3.31. The molecule has 1 saturated carbocycles. The van der Waals surface area contributed by atoms with Gasteiger partial charge < -0.3 is 18.9 Å². The van der Waals surface area contributed by atoms with E-state index in [-0.39, 0.29) is 18.1 Å². The number of hydrogen-bond donors (Lipinski definition) is 0. The molecular formula is C18H21N3O4. The molecule has 1 aromatic carbocycles. The van der Waals surface area contributed by atoms with Gasteiger partial charge in [0, 0.05) is 6.54 Å². The van der Waals surface area contributed by atoms with Gasteiger partial charge in [-0.25, -0.2) is 0 Å². The lowest BCUT2D eigenvalue weighted by molar-refractivity contribution is -0.0810. The Balaban J connectivity index is 1.55. The van der Waals surface area contributed by atoms with E-state index in [2.05, 4.69) is 10.1 Å².